The second-order valence-electron chi connectivity index (χ2n) is 3.75. The van der Waals surface area contributed by atoms with Gasteiger partial charge >= 0.3 is 0 Å². The lowest BCUT2D eigenvalue weighted by atomic mass is 10.3. The van der Waals surface area contributed by atoms with Crippen LogP contribution in [0.25, 0.3) is 0 Å². The predicted octanol–water partition coefficient (Wildman–Crippen LogP) is 1.27. The summed E-state index contributed by atoms with van der Waals surface area (Å²) in [5, 5.41) is 0. The summed E-state index contributed by atoms with van der Waals surface area (Å²) in [4.78, 5) is 2.52. The Morgan fingerprint density at radius 2 is 1.83 bits per heavy atom. The lowest BCUT2D eigenvalue weighted by Crippen LogP contribution is -2.27. The molecule has 2 rings (SSSR count). The molecule has 1 saturated carbocycles. The molecule has 1 aliphatic carbocycles. The van der Waals surface area contributed by atoms with Crippen molar-refractivity contribution in [1.82, 2.24) is 4.90 Å². The molecule has 0 spiro atoms. The van der Waals surface area contributed by atoms with Crippen LogP contribution in [0.4, 0.5) is 0 Å². The Morgan fingerprint density at radius 3 is 2.25 bits per heavy atom. The van der Waals surface area contributed by atoms with Gasteiger partial charge in [0, 0.05) is 19.1 Å². The molecule has 0 unspecified atom stereocenters. The predicted molar refractivity (Wildman–Crippen MR) is 56.3 cm³/mol. The van der Waals surface area contributed by atoms with Crippen molar-refractivity contribution in [1.29, 1.82) is 0 Å². The largest absolute Gasteiger partial charge is 0.326 e. The van der Waals surface area contributed by atoms with Crippen molar-refractivity contribution in [3.63, 3.8) is 0 Å². The highest BCUT2D eigenvalue weighted by Crippen LogP contribution is 2.30. The maximum Gasteiger partial charge on any atom is 0.0180 e. The van der Waals surface area contributed by atoms with E-state index in [2.05, 4.69) is 4.90 Å². The molecule has 4 heteroatoms. The summed E-state index contributed by atoms with van der Waals surface area (Å²) >= 11 is 0. The van der Waals surface area contributed by atoms with Gasteiger partial charge < -0.3 is 10.6 Å². The van der Waals surface area contributed by atoms with Gasteiger partial charge in [-0.1, -0.05) is 0 Å². The SMILES string of the molecule is Cl.Cl.N[C@@H]1CCN(CC2CC2)C1. The van der Waals surface area contributed by atoms with Crippen LogP contribution >= 0.6 is 24.8 Å². The van der Waals surface area contributed by atoms with E-state index in [9.17, 15) is 0 Å². The molecule has 2 fully saturated rings. The molecule has 0 radical (unpaired) electrons. The van der Waals surface area contributed by atoms with Crippen molar-refractivity contribution in [2.45, 2.75) is 25.3 Å². The van der Waals surface area contributed by atoms with Gasteiger partial charge in [0.25, 0.3) is 0 Å². The van der Waals surface area contributed by atoms with E-state index >= 15 is 0 Å². The first kappa shape index (κ1) is 12.5. The highest BCUT2D eigenvalue weighted by atomic mass is 35.5. The molecule has 0 aromatic rings. The highest BCUT2D eigenvalue weighted by molar-refractivity contribution is 5.85. The summed E-state index contributed by atoms with van der Waals surface area (Å²) < 4.78 is 0. The second kappa shape index (κ2) is 5.28. The molecule has 2 nitrogen and oxygen atoms in total. The van der Waals surface area contributed by atoms with Gasteiger partial charge in [-0.3, -0.25) is 0 Å². The second-order valence-corrected chi connectivity index (χ2v) is 3.75. The Labute approximate surface area is 86.7 Å². The normalized spacial score (nSPS) is 29.2. The molecule has 12 heavy (non-hydrogen) atoms. The first-order chi connectivity index (χ1) is 4.84. The first-order valence-corrected chi connectivity index (χ1v) is 4.32. The molecular weight excluding hydrogens is 195 g/mol. The van der Waals surface area contributed by atoms with Gasteiger partial charge in [0.2, 0.25) is 0 Å². The van der Waals surface area contributed by atoms with E-state index in [1.54, 1.807) is 0 Å². The minimum Gasteiger partial charge on any atom is -0.326 e. The average Bonchev–Trinajstić information content (AvgIpc) is 2.59. The standard InChI is InChI=1S/C8H16N2.2ClH/c9-8-3-4-10(6-8)5-7-1-2-7;;/h7-8H,1-6,9H2;2*1H/t8-;;/m1../s1. The lowest BCUT2D eigenvalue weighted by molar-refractivity contribution is 0.320. The van der Waals surface area contributed by atoms with Gasteiger partial charge in [-0.05, 0) is 31.7 Å². The summed E-state index contributed by atoms with van der Waals surface area (Å²) in [6, 6.07) is 0.471. The van der Waals surface area contributed by atoms with Crippen molar-refractivity contribution in [3.8, 4) is 0 Å². The van der Waals surface area contributed by atoms with Crippen molar-refractivity contribution >= 4 is 24.8 Å². The summed E-state index contributed by atoms with van der Waals surface area (Å²) in [6.07, 6.45) is 4.14. The van der Waals surface area contributed by atoms with Crippen molar-refractivity contribution in [2.75, 3.05) is 19.6 Å². The molecule has 1 aliphatic heterocycles. The van der Waals surface area contributed by atoms with E-state index in [0.717, 1.165) is 12.5 Å². The molecule has 0 aromatic carbocycles. The van der Waals surface area contributed by atoms with Crippen molar-refractivity contribution in [3.05, 3.63) is 0 Å². The van der Waals surface area contributed by atoms with E-state index < -0.39 is 0 Å². The number of nitrogens with two attached hydrogens (primary N) is 1. The zero-order valence-corrected chi connectivity index (χ0v) is 8.87. The van der Waals surface area contributed by atoms with Crippen molar-refractivity contribution in [2.24, 2.45) is 11.7 Å². The van der Waals surface area contributed by atoms with Gasteiger partial charge in [0.05, 0.1) is 0 Å². The third-order valence-corrected chi connectivity index (χ3v) is 2.52. The Bertz CT molecular complexity index is 128. The quantitative estimate of drug-likeness (QED) is 0.748. The third-order valence-electron chi connectivity index (χ3n) is 2.52. The molecule has 74 valence electrons. The topological polar surface area (TPSA) is 29.3 Å². The number of halogens is 2. The molecule has 1 heterocycles. The van der Waals surface area contributed by atoms with Crippen LogP contribution in [0.15, 0.2) is 0 Å². The number of hydrogen-bond donors (Lipinski definition) is 1. The van der Waals surface area contributed by atoms with Gasteiger partial charge in [0.1, 0.15) is 0 Å². The van der Waals surface area contributed by atoms with Crippen LogP contribution in [0.5, 0.6) is 0 Å². The molecule has 0 bridgehead atoms. The fraction of sp³-hybridized carbons (Fsp3) is 1.00. The molecule has 2 aliphatic rings. The van der Waals surface area contributed by atoms with E-state index in [1.165, 1.54) is 32.4 Å². The van der Waals surface area contributed by atoms with E-state index in [-0.39, 0.29) is 24.8 Å². The smallest absolute Gasteiger partial charge is 0.0180 e. The van der Waals surface area contributed by atoms with Gasteiger partial charge in [-0.25, -0.2) is 0 Å². The van der Waals surface area contributed by atoms with Crippen LogP contribution in [-0.2, 0) is 0 Å². The number of likely N-dealkylation sites (tertiary alicyclic amines) is 1. The molecule has 1 atom stereocenters. The minimum atomic E-state index is 0. The zero-order valence-electron chi connectivity index (χ0n) is 7.24. The maximum atomic E-state index is 5.78. The fourth-order valence-electron chi connectivity index (χ4n) is 1.69. The van der Waals surface area contributed by atoms with Crippen molar-refractivity contribution < 1.29 is 0 Å². The van der Waals surface area contributed by atoms with Gasteiger partial charge in [-0.2, -0.15) is 0 Å². The Balaban J connectivity index is 0.000000605. The average molecular weight is 213 g/mol. The number of hydrogen-bond acceptors (Lipinski definition) is 2. The van der Waals surface area contributed by atoms with Crippen LogP contribution < -0.4 is 5.73 Å². The Morgan fingerprint density at radius 1 is 1.17 bits per heavy atom. The molecular formula is C8H18Cl2N2. The summed E-state index contributed by atoms with van der Waals surface area (Å²) in [5.74, 6) is 1.03. The lowest BCUT2D eigenvalue weighted by Gasteiger charge is -2.13. The fourth-order valence-corrected chi connectivity index (χ4v) is 1.69. The molecule has 2 N–H and O–H groups in total. The highest BCUT2D eigenvalue weighted by Gasteiger charge is 2.27. The van der Waals surface area contributed by atoms with Crippen LogP contribution in [0.1, 0.15) is 19.3 Å². The van der Waals surface area contributed by atoms with Gasteiger partial charge in [0.15, 0.2) is 0 Å². The maximum absolute atomic E-state index is 5.78. The molecule has 0 amide bonds. The van der Waals surface area contributed by atoms with E-state index in [1.807, 2.05) is 0 Å². The van der Waals surface area contributed by atoms with Gasteiger partial charge in [-0.15, -0.1) is 24.8 Å². The van der Waals surface area contributed by atoms with Crippen LogP contribution in [0, 0.1) is 5.92 Å². The summed E-state index contributed by atoms with van der Waals surface area (Å²) in [6.45, 7) is 3.72. The summed E-state index contributed by atoms with van der Waals surface area (Å²) in [5.41, 5.74) is 5.78. The Kier molecular flexibility index (Phi) is 5.50. The van der Waals surface area contributed by atoms with Crippen LogP contribution in [-0.4, -0.2) is 30.6 Å². The third kappa shape index (κ3) is 3.48. The molecule has 0 aromatic heterocycles. The van der Waals surface area contributed by atoms with Crippen LogP contribution in [0.2, 0.25) is 0 Å². The first-order valence-electron chi connectivity index (χ1n) is 4.32. The number of rotatable bonds is 2. The minimum absolute atomic E-state index is 0. The summed E-state index contributed by atoms with van der Waals surface area (Å²) in [7, 11) is 0. The zero-order chi connectivity index (χ0) is 6.97. The van der Waals surface area contributed by atoms with Crippen LogP contribution in [0.3, 0.4) is 0 Å². The van der Waals surface area contributed by atoms with E-state index in [0.29, 0.717) is 6.04 Å². The molecule has 1 saturated heterocycles. The number of nitrogens with zero attached hydrogens (tertiary/aromatic N) is 1. The monoisotopic (exact) mass is 212 g/mol. The Hall–Kier alpha value is 0.500. The van der Waals surface area contributed by atoms with E-state index in [4.69, 9.17) is 5.73 Å².